The van der Waals surface area contributed by atoms with Crippen molar-refractivity contribution in [2.24, 2.45) is 5.92 Å². The van der Waals surface area contributed by atoms with Crippen LogP contribution in [0.1, 0.15) is 68.9 Å². The molecular formula is C36H42N8. The molecule has 0 saturated heterocycles. The molecule has 0 radical (unpaired) electrons. The summed E-state index contributed by atoms with van der Waals surface area (Å²) in [6, 6.07) is 21.6. The molecule has 1 N–H and O–H groups in total. The second-order valence-electron chi connectivity index (χ2n) is 12.2. The van der Waals surface area contributed by atoms with Gasteiger partial charge in [-0.3, -0.25) is 0 Å². The number of nitrogens with one attached hydrogen (secondary N) is 1. The Morgan fingerprint density at radius 3 is 2.30 bits per heavy atom. The van der Waals surface area contributed by atoms with E-state index in [2.05, 4.69) is 114 Å². The number of H-pyrrole nitrogens is 1. The number of fused-ring (bicyclic) bond motifs is 1. The Balaban J connectivity index is 1.40. The normalized spacial score (nSPS) is 11.7. The van der Waals surface area contributed by atoms with Crippen LogP contribution in [0.5, 0.6) is 0 Å². The smallest absolute Gasteiger partial charge is 0.180 e. The maximum absolute atomic E-state index is 5.23. The number of benzene rings is 3. The Hall–Kier alpha value is -4.59. The Morgan fingerprint density at radius 2 is 1.61 bits per heavy atom. The molecule has 0 unspecified atom stereocenters. The molecule has 0 spiro atoms. The summed E-state index contributed by atoms with van der Waals surface area (Å²) in [4.78, 5) is 10.4. The fourth-order valence-corrected chi connectivity index (χ4v) is 6.23. The predicted octanol–water partition coefficient (Wildman–Crippen LogP) is 7.97. The largest absolute Gasteiger partial charge is 0.328 e. The van der Waals surface area contributed by atoms with Gasteiger partial charge in [0.2, 0.25) is 0 Å². The van der Waals surface area contributed by atoms with Crippen molar-refractivity contribution in [3.8, 4) is 33.9 Å². The minimum absolute atomic E-state index is 0.563. The molecule has 3 aromatic heterocycles. The molecule has 0 aliphatic rings. The van der Waals surface area contributed by atoms with E-state index in [4.69, 9.17) is 9.97 Å². The topological polar surface area (TPSA) is 90.1 Å². The maximum Gasteiger partial charge on any atom is 0.180 e. The molecule has 0 bridgehead atoms. The minimum atomic E-state index is 0.563. The molecule has 0 aliphatic heterocycles. The van der Waals surface area contributed by atoms with Crippen molar-refractivity contribution in [3.63, 3.8) is 0 Å². The third-order valence-electron chi connectivity index (χ3n) is 8.36. The summed E-state index contributed by atoms with van der Waals surface area (Å²) in [5.74, 6) is 3.42. The number of rotatable bonds is 11. The van der Waals surface area contributed by atoms with E-state index in [9.17, 15) is 0 Å². The van der Waals surface area contributed by atoms with Crippen LogP contribution >= 0.6 is 0 Å². The van der Waals surface area contributed by atoms with Crippen molar-refractivity contribution in [1.29, 1.82) is 0 Å². The molecule has 6 rings (SSSR count). The van der Waals surface area contributed by atoms with Gasteiger partial charge >= 0.3 is 0 Å². The highest BCUT2D eigenvalue weighted by atomic mass is 15.5. The Bertz CT molecular complexity index is 1870. The molecular weight excluding hydrogens is 544 g/mol. The standard InChI is InChI=1S/C36H42N8/c1-7-11-33-38-34-24(5)20-28(36-37-31(19-23(3)4)25(6)43(36)18-8-2)21-32(34)44(33)22-26-14-16-27(17-15-26)29-12-9-10-13-30(29)35-39-41-42-40-35/h9-10,12-17,20-21,23H,7-8,11,18-19,22H2,1-6H3,(H,39,40,41,42). The summed E-state index contributed by atoms with van der Waals surface area (Å²) < 4.78 is 4.82. The lowest BCUT2D eigenvalue weighted by Gasteiger charge is -2.13. The highest BCUT2D eigenvalue weighted by Gasteiger charge is 2.20. The number of aryl methyl sites for hydroxylation is 2. The number of imidazole rings is 2. The van der Waals surface area contributed by atoms with Crippen LogP contribution in [0.2, 0.25) is 0 Å². The first-order valence-electron chi connectivity index (χ1n) is 15.9. The summed E-state index contributed by atoms with van der Waals surface area (Å²) in [7, 11) is 0. The van der Waals surface area contributed by atoms with Crippen LogP contribution < -0.4 is 0 Å². The first-order valence-corrected chi connectivity index (χ1v) is 15.9. The van der Waals surface area contributed by atoms with E-state index in [-0.39, 0.29) is 0 Å². The number of aromatic nitrogens is 8. The second kappa shape index (κ2) is 12.6. The number of aromatic amines is 1. The minimum Gasteiger partial charge on any atom is -0.328 e. The van der Waals surface area contributed by atoms with Gasteiger partial charge in [-0.25, -0.2) is 15.1 Å². The Labute approximate surface area is 259 Å². The molecule has 8 nitrogen and oxygen atoms in total. The third-order valence-corrected chi connectivity index (χ3v) is 8.36. The van der Waals surface area contributed by atoms with Crippen LogP contribution in [0.25, 0.3) is 44.9 Å². The highest BCUT2D eigenvalue weighted by Crippen LogP contribution is 2.32. The Morgan fingerprint density at radius 1 is 0.841 bits per heavy atom. The molecule has 44 heavy (non-hydrogen) atoms. The molecule has 0 aliphatic carbocycles. The van der Waals surface area contributed by atoms with Crippen LogP contribution in [-0.4, -0.2) is 39.7 Å². The molecule has 0 fully saturated rings. The molecule has 0 atom stereocenters. The van der Waals surface area contributed by atoms with Crippen LogP contribution in [0.4, 0.5) is 0 Å². The maximum atomic E-state index is 5.23. The van der Waals surface area contributed by atoms with Crippen LogP contribution in [0.15, 0.2) is 60.7 Å². The molecule has 3 aromatic carbocycles. The fourth-order valence-electron chi connectivity index (χ4n) is 6.23. The summed E-state index contributed by atoms with van der Waals surface area (Å²) in [5, 5.41) is 14.6. The van der Waals surface area contributed by atoms with E-state index in [0.29, 0.717) is 11.7 Å². The van der Waals surface area contributed by atoms with Crippen LogP contribution in [0, 0.1) is 19.8 Å². The summed E-state index contributed by atoms with van der Waals surface area (Å²) in [6.07, 6.45) is 4.04. The molecule has 3 heterocycles. The van der Waals surface area contributed by atoms with Gasteiger partial charge in [0, 0.05) is 36.3 Å². The predicted molar refractivity (Wildman–Crippen MR) is 177 cm³/mol. The SMILES string of the molecule is CCCc1nc2c(C)cc(-c3nc(CC(C)C)c(C)n3CCC)cc2n1Cc1ccc(-c2ccccc2-c2nnn[nH]2)cc1. The van der Waals surface area contributed by atoms with Gasteiger partial charge in [0.05, 0.1) is 16.7 Å². The first kappa shape index (κ1) is 29.5. The summed E-state index contributed by atoms with van der Waals surface area (Å²) in [6.45, 7) is 15.1. The third kappa shape index (κ3) is 5.68. The van der Waals surface area contributed by atoms with E-state index in [0.717, 1.165) is 72.6 Å². The number of hydrogen-bond acceptors (Lipinski definition) is 5. The lowest BCUT2D eigenvalue weighted by Crippen LogP contribution is -2.06. The van der Waals surface area contributed by atoms with Gasteiger partial charge < -0.3 is 9.13 Å². The van der Waals surface area contributed by atoms with Crippen molar-refractivity contribution in [3.05, 3.63) is 89.0 Å². The molecule has 226 valence electrons. The quantitative estimate of drug-likeness (QED) is 0.166. The molecule has 8 heteroatoms. The van der Waals surface area contributed by atoms with Gasteiger partial charge in [-0.15, -0.1) is 5.10 Å². The monoisotopic (exact) mass is 586 g/mol. The van der Waals surface area contributed by atoms with Gasteiger partial charge in [-0.05, 0) is 83.8 Å². The van der Waals surface area contributed by atoms with Gasteiger partial charge in [0.25, 0.3) is 0 Å². The Kier molecular flexibility index (Phi) is 8.42. The zero-order valence-corrected chi connectivity index (χ0v) is 26.7. The van der Waals surface area contributed by atoms with Crippen LogP contribution in [0.3, 0.4) is 0 Å². The van der Waals surface area contributed by atoms with Crippen LogP contribution in [-0.2, 0) is 25.9 Å². The summed E-state index contributed by atoms with van der Waals surface area (Å²) in [5.41, 5.74) is 11.5. The molecule has 0 amide bonds. The molecule has 0 saturated carbocycles. The zero-order chi connectivity index (χ0) is 30.8. The molecule has 6 aromatic rings. The van der Waals surface area contributed by atoms with Gasteiger partial charge in [-0.2, -0.15) is 0 Å². The number of hydrogen-bond donors (Lipinski definition) is 1. The van der Waals surface area contributed by atoms with E-state index in [1.54, 1.807) is 0 Å². The van der Waals surface area contributed by atoms with Crippen molar-refractivity contribution < 1.29 is 0 Å². The van der Waals surface area contributed by atoms with Gasteiger partial charge in [0.1, 0.15) is 11.6 Å². The van der Waals surface area contributed by atoms with Gasteiger partial charge in [0.15, 0.2) is 5.82 Å². The lowest BCUT2D eigenvalue weighted by atomic mass is 9.98. The first-order chi connectivity index (χ1) is 21.4. The van der Waals surface area contributed by atoms with Crippen molar-refractivity contribution >= 4 is 11.0 Å². The fraction of sp³-hybridized carbons (Fsp3) is 0.361. The second-order valence-corrected chi connectivity index (χ2v) is 12.2. The van der Waals surface area contributed by atoms with E-state index in [1.165, 1.54) is 33.6 Å². The van der Waals surface area contributed by atoms with Crippen molar-refractivity contribution in [2.75, 3.05) is 0 Å². The highest BCUT2D eigenvalue weighted by molar-refractivity contribution is 5.85. The number of nitrogens with zero attached hydrogens (tertiary/aromatic N) is 7. The number of tetrazole rings is 1. The van der Waals surface area contributed by atoms with E-state index < -0.39 is 0 Å². The van der Waals surface area contributed by atoms with Gasteiger partial charge in [-0.1, -0.05) is 76.2 Å². The van der Waals surface area contributed by atoms with E-state index in [1.807, 2.05) is 18.2 Å². The lowest BCUT2D eigenvalue weighted by molar-refractivity contribution is 0.626. The van der Waals surface area contributed by atoms with Crippen molar-refractivity contribution in [2.45, 2.75) is 80.3 Å². The van der Waals surface area contributed by atoms with Crippen molar-refractivity contribution in [1.82, 2.24) is 39.7 Å². The zero-order valence-electron chi connectivity index (χ0n) is 26.7. The van der Waals surface area contributed by atoms with E-state index >= 15 is 0 Å². The average Bonchev–Trinajstić information content (AvgIpc) is 3.74. The summed E-state index contributed by atoms with van der Waals surface area (Å²) >= 11 is 0. The average molecular weight is 587 g/mol.